The van der Waals surface area contributed by atoms with E-state index in [4.69, 9.17) is 10.5 Å². The summed E-state index contributed by atoms with van der Waals surface area (Å²) in [6, 6.07) is 5.93. The minimum atomic E-state index is -0.910. The molecule has 2 rings (SSSR count). The van der Waals surface area contributed by atoms with E-state index in [2.05, 4.69) is 15.6 Å². The fourth-order valence-corrected chi connectivity index (χ4v) is 3.17. The number of para-hydroxylation sites is 1. The number of primary amides is 1. The number of nitrogens with one attached hydrogen (secondary N) is 3. The van der Waals surface area contributed by atoms with Crippen molar-refractivity contribution >= 4 is 28.8 Å². The van der Waals surface area contributed by atoms with Crippen molar-refractivity contribution in [2.24, 2.45) is 11.7 Å². The Kier molecular flexibility index (Phi) is 7.48. The van der Waals surface area contributed by atoms with Crippen molar-refractivity contribution in [2.75, 3.05) is 0 Å². The molecule has 164 valence electrons. The number of fused-ring (bicyclic) bond motifs is 1. The summed E-state index contributed by atoms with van der Waals surface area (Å²) in [4.78, 5) is 40.2. The molecule has 0 aliphatic rings. The summed E-state index contributed by atoms with van der Waals surface area (Å²) in [5, 5.41) is 6.26. The Morgan fingerprint density at radius 2 is 1.77 bits per heavy atom. The molecule has 5 N–H and O–H groups in total. The molecule has 0 aliphatic heterocycles. The number of hydrogen-bond acceptors (Lipinski definition) is 4. The van der Waals surface area contributed by atoms with Crippen molar-refractivity contribution in [3.05, 3.63) is 36.0 Å². The lowest BCUT2D eigenvalue weighted by Gasteiger charge is -2.25. The van der Waals surface area contributed by atoms with E-state index in [1.165, 1.54) is 0 Å². The van der Waals surface area contributed by atoms with E-state index >= 15 is 0 Å². The summed E-state index contributed by atoms with van der Waals surface area (Å²) >= 11 is 0. The van der Waals surface area contributed by atoms with E-state index in [1.54, 1.807) is 27.0 Å². The van der Waals surface area contributed by atoms with Gasteiger partial charge in [0.2, 0.25) is 11.8 Å². The Labute approximate surface area is 176 Å². The Morgan fingerprint density at radius 1 is 1.10 bits per heavy atom. The average molecular weight is 417 g/mol. The SMILES string of the molecule is CC(C)C[C@H](NC(=O)OC(C)(C)C)C(=O)N[C@@H](Cc1c[nH]c2ccccc12)C(N)=O. The lowest BCUT2D eigenvalue weighted by atomic mass is 10.0. The Hall–Kier alpha value is -3.03. The number of amides is 3. The quantitative estimate of drug-likeness (QED) is 0.527. The summed E-state index contributed by atoms with van der Waals surface area (Å²) in [5.41, 5.74) is 6.68. The summed E-state index contributed by atoms with van der Waals surface area (Å²) in [5.74, 6) is -0.983. The van der Waals surface area contributed by atoms with Gasteiger partial charge in [0, 0.05) is 23.5 Å². The molecule has 1 heterocycles. The first-order valence-corrected chi connectivity index (χ1v) is 10.1. The number of hydrogen-bond donors (Lipinski definition) is 4. The first kappa shape index (κ1) is 23.3. The van der Waals surface area contributed by atoms with Gasteiger partial charge in [-0.05, 0) is 44.7 Å². The highest BCUT2D eigenvalue weighted by Crippen LogP contribution is 2.19. The second-order valence-electron chi connectivity index (χ2n) is 8.86. The summed E-state index contributed by atoms with van der Waals surface area (Å²) in [6.45, 7) is 9.11. The van der Waals surface area contributed by atoms with Crippen LogP contribution in [0.25, 0.3) is 10.9 Å². The molecular formula is C22H32N4O4. The lowest BCUT2D eigenvalue weighted by molar-refractivity contribution is -0.128. The number of ether oxygens (including phenoxy) is 1. The zero-order valence-corrected chi connectivity index (χ0v) is 18.2. The van der Waals surface area contributed by atoms with Crippen LogP contribution in [0.5, 0.6) is 0 Å². The number of carbonyl (C=O) groups excluding carboxylic acids is 3. The molecule has 1 aromatic heterocycles. The van der Waals surface area contributed by atoms with Crippen molar-refractivity contribution in [1.29, 1.82) is 0 Å². The van der Waals surface area contributed by atoms with Crippen LogP contribution in [-0.4, -0.2) is 40.6 Å². The number of aromatic nitrogens is 1. The first-order valence-electron chi connectivity index (χ1n) is 10.1. The van der Waals surface area contributed by atoms with Gasteiger partial charge in [0.05, 0.1) is 0 Å². The van der Waals surface area contributed by atoms with Gasteiger partial charge in [0.15, 0.2) is 0 Å². The third kappa shape index (κ3) is 6.79. The fraction of sp³-hybridized carbons (Fsp3) is 0.500. The van der Waals surface area contributed by atoms with Crippen LogP contribution in [0.15, 0.2) is 30.5 Å². The number of H-pyrrole nitrogens is 1. The van der Waals surface area contributed by atoms with Crippen LogP contribution in [0, 0.1) is 5.92 Å². The Balaban J connectivity index is 2.13. The second kappa shape index (κ2) is 9.65. The van der Waals surface area contributed by atoms with E-state index in [9.17, 15) is 14.4 Å². The number of nitrogens with two attached hydrogens (primary N) is 1. The van der Waals surface area contributed by atoms with E-state index in [1.807, 2.05) is 38.1 Å². The van der Waals surface area contributed by atoms with Gasteiger partial charge in [0.1, 0.15) is 17.7 Å². The molecule has 2 aromatic rings. The molecule has 0 aliphatic carbocycles. The standard InChI is InChI=1S/C22H32N4O4/c1-13(2)10-18(26-21(29)30-22(3,4)5)20(28)25-17(19(23)27)11-14-12-24-16-9-7-6-8-15(14)16/h6-9,12-13,17-18,24H,10-11H2,1-5H3,(H2,23,27)(H,25,28)(H,26,29)/t17-,18-/m0/s1. The van der Waals surface area contributed by atoms with Crippen molar-refractivity contribution in [2.45, 2.75) is 65.1 Å². The van der Waals surface area contributed by atoms with Crippen LogP contribution in [0.1, 0.15) is 46.6 Å². The Morgan fingerprint density at radius 3 is 2.37 bits per heavy atom. The van der Waals surface area contributed by atoms with Crippen LogP contribution >= 0.6 is 0 Å². The predicted molar refractivity (Wildman–Crippen MR) is 116 cm³/mol. The topological polar surface area (TPSA) is 126 Å². The van der Waals surface area contributed by atoms with Crippen molar-refractivity contribution in [3.8, 4) is 0 Å². The number of benzene rings is 1. The third-order valence-electron chi connectivity index (χ3n) is 4.47. The monoisotopic (exact) mass is 416 g/mol. The number of aromatic amines is 1. The second-order valence-corrected chi connectivity index (χ2v) is 8.86. The molecule has 0 radical (unpaired) electrons. The maximum atomic E-state index is 12.9. The van der Waals surface area contributed by atoms with E-state index in [0.29, 0.717) is 6.42 Å². The Bertz CT molecular complexity index is 898. The van der Waals surface area contributed by atoms with Gasteiger partial charge in [0.25, 0.3) is 0 Å². The molecule has 0 saturated carbocycles. The molecule has 0 fully saturated rings. The molecule has 30 heavy (non-hydrogen) atoms. The predicted octanol–water partition coefficient (Wildman–Crippen LogP) is 2.62. The number of alkyl carbamates (subject to hydrolysis) is 1. The van der Waals surface area contributed by atoms with Crippen molar-refractivity contribution in [1.82, 2.24) is 15.6 Å². The van der Waals surface area contributed by atoms with Gasteiger partial charge in [-0.2, -0.15) is 0 Å². The molecule has 0 bridgehead atoms. The maximum Gasteiger partial charge on any atom is 0.408 e. The highest BCUT2D eigenvalue weighted by molar-refractivity contribution is 5.91. The summed E-state index contributed by atoms with van der Waals surface area (Å²) < 4.78 is 5.26. The maximum absolute atomic E-state index is 12.9. The van der Waals surface area contributed by atoms with Gasteiger partial charge in [-0.25, -0.2) is 4.79 Å². The first-order chi connectivity index (χ1) is 14.0. The van der Waals surface area contributed by atoms with Gasteiger partial charge in [-0.15, -0.1) is 0 Å². The van der Waals surface area contributed by atoms with Crippen LogP contribution in [0.2, 0.25) is 0 Å². The van der Waals surface area contributed by atoms with Gasteiger partial charge in [-0.3, -0.25) is 9.59 Å². The highest BCUT2D eigenvalue weighted by Gasteiger charge is 2.28. The third-order valence-corrected chi connectivity index (χ3v) is 4.47. The van der Waals surface area contributed by atoms with Crippen LogP contribution in [-0.2, 0) is 20.7 Å². The molecule has 0 unspecified atom stereocenters. The van der Waals surface area contributed by atoms with Crippen LogP contribution in [0.4, 0.5) is 4.79 Å². The van der Waals surface area contributed by atoms with E-state index in [-0.39, 0.29) is 12.3 Å². The highest BCUT2D eigenvalue weighted by atomic mass is 16.6. The molecule has 2 atom stereocenters. The largest absolute Gasteiger partial charge is 0.444 e. The normalized spacial score (nSPS) is 13.7. The summed E-state index contributed by atoms with van der Waals surface area (Å²) in [7, 11) is 0. The summed E-state index contributed by atoms with van der Waals surface area (Å²) in [6.07, 6.45) is 1.75. The van der Waals surface area contributed by atoms with Gasteiger partial charge < -0.3 is 26.1 Å². The molecule has 8 heteroatoms. The average Bonchev–Trinajstić information content (AvgIpc) is 3.01. The molecule has 8 nitrogen and oxygen atoms in total. The molecule has 0 saturated heterocycles. The fourth-order valence-electron chi connectivity index (χ4n) is 3.17. The van der Waals surface area contributed by atoms with Crippen molar-refractivity contribution < 1.29 is 19.1 Å². The van der Waals surface area contributed by atoms with E-state index in [0.717, 1.165) is 16.5 Å². The minimum Gasteiger partial charge on any atom is -0.444 e. The smallest absolute Gasteiger partial charge is 0.408 e. The van der Waals surface area contributed by atoms with Crippen LogP contribution < -0.4 is 16.4 Å². The minimum absolute atomic E-state index is 0.135. The van der Waals surface area contributed by atoms with Gasteiger partial charge in [-0.1, -0.05) is 32.0 Å². The zero-order valence-electron chi connectivity index (χ0n) is 18.2. The molecule has 3 amide bonds. The van der Waals surface area contributed by atoms with Gasteiger partial charge >= 0.3 is 6.09 Å². The molecule has 0 spiro atoms. The lowest BCUT2D eigenvalue weighted by Crippen LogP contribution is -2.54. The number of carbonyl (C=O) groups is 3. The number of rotatable bonds is 8. The van der Waals surface area contributed by atoms with Crippen LogP contribution in [0.3, 0.4) is 0 Å². The molecule has 1 aromatic carbocycles. The van der Waals surface area contributed by atoms with Crippen molar-refractivity contribution in [3.63, 3.8) is 0 Å². The molecular weight excluding hydrogens is 384 g/mol. The van der Waals surface area contributed by atoms with E-state index < -0.39 is 35.6 Å². The zero-order chi connectivity index (χ0) is 22.5.